The second kappa shape index (κ2) is 9.92. The van der Waals surface area contributed by atoms with Gasteiger partial charge in [0.1, 0.15) is 0 Å². The minimum absolute atomic E-state index is 0. The number of sulfonamides is 1. The molecular weight excluding hydrogens is 477 g/mol. The number of halogens is 1. The molecule has 2 rings (SSSR count). The van der Waals surface area contributed by atoms with Gasteiger partial charge in [0, 0.05) is 51.0 Å². The van der Waals surface area contributed by atoms with Crippen molar-refractivity contribution < 1.29 is 8.42 Å². The highest BCUT2D eigenvalue weighted by Crippen LogP contribution is 2.17. The number of benzene rings is 1. The zero-order valence-corrected chi connectivity index (χ0v) is 20.0. The summed E-state index contributed by atoms with van der Waals surface area (Å²) in [6, 6.07) is 8.56. The Morgan fingerprint density at radius 2 is 1.85 bits per heavy atom. The standard InChI is InChI=1S/C18H31N5O2S.HI/c1-15-7-6-8-16(13-15)22-9-11-23(12-10-22)17(19-4)20-14-18(2,3)21-26(5,24)25;/h6-8,13,21H,9-12,14H2,1-5H3,(H,19,20);1H. The molecule has 0 radical (unpaired) electrons. The fourth-order valence-electron chi connectivity index (χ4n) is 3.17. The monoisotopic (exact) mass is 509 g/mol. The average molecular weight is 509 g/mol. The molecule has 0 saturated carbocycles. The molecule has 1 saturated heterocycles. The van der Waals surface area contributed by atoms with Crippen molar-refractivity contribution in [2.45, 2.75) is 26.3 Å². The van der Waals surface area contributed by atoms with E-state index in [1.54, 1.807) is 7.05 Å². The van der Waals surface area contributed by atoms with Gasteiger partial charge in [0.05, 0.1) is 6.26 Å². The maximum atomic E-state index is 11.5. The largest absolute Gasteiger partial charge is 0.368 e. The van der Waals surface area contributed by atoms with Gasteiger partial charge in [-0.3, -0.25) is 4.99 Å². The first-order chi connectivity index (χ1) is 12.1. The number of aliphatic imine (C=N–C) groups is 1. The van der Waals surface area contributed by atoms with E-state index in [0.29, 0.717) is 6.54 Å². The molecule has 0 aliphatic carbocycles. The number of nitrogens with one attached hydrogen (secondary N) is 2. The number of hydrogen-bond acceptors (Lipinski definition) is 4. The highest BCUT2D eigenvalue weighted by atomic mass is 127. The van der Waals surface area contributed by atoms with Crippen LogP contribution in [0.4, 0.5) is 5.69 Å². The van der Waals surface area contributed by atoms with E-state index in [0.717, 1.165) is 32.1 Å². The van der Waals surface area contributed by atoms with Gasteiger partial charge in [0.25, 0.3) is 0 Å². The zero-order valence-electron chi connectivity index (χ0n) is 16.8. The van der Waals surface area contributed by atoms with Crippen LogP contribution in [0.1, 0.15) is 19.4 Å². The molecule has 9 heteroatoms. The third kappa shape index (κ3) is 7.82. The third-order valence-electron chi connectivity index (χ3n) is 4.31. The van der Waals surface area contributed by atoms with E-state index in [4.69, 9.17) is 0 Å². The SMILES string of the molecule is CN=C(NCC(C)(C)NS(C)(=O)=O)N1CCN(c2cccc(C)c2)CC1.I. The predicted molar refractivity (Wildman–Crippen MR) is 124 cm³/mol. The second-order valence-corrected chi connectivity index (χ2v) is 9.22. The summed E-state index contributed by atoms with van der Waals surface area (Å²) < 4.78 is 25.6. The molecular formula is C18H32IN5O2S. The van der Waals surface area contributed by atoms with E-state index in [1.165, 1.54) is 17.5 Å². The fourth-order valence-corrected chi connectivity index (χ4v) is 4.25. The van der Waals surface area contributed by atoms with Crippen molar-refractivity contribution in [3.8, 4) is 0 Å². The van der Waals surface area contributed by atoms with Crippen LogP contribution in [0.2, 0.25) is 0 Å². The Balaban J connectivity index is 0.00000364. The number of hydrogen-bond donors (Lipinski definition) is 2. The predicted octanol–water partition coefficient (Wildman–Crippen LogP) is 1.64. The van der Waals surface area contributed by atoms with Crippen molar-refractivity contribution in [2.75, 3.05) is 50.9 Å². The lowest BCUT2D eigenvalue weighted by Crippen LogP contribution is -2.56. The van der Waals surface area contributed by atoms with Crippen molar-refractivity contribution in [2.24, 2.45) is 4.99 Å². The van der Waals surface area contributed by atoms with Crippen molar-refractivity contribution in [3.63, 3.8) is 0 Å². The van der Waals surface area contributed by atoms with Gasteiger partial charge in [-0.25, -0.2) is 13.1 Å². The lowest BCUT2D eigenvalue weighted by atomic mass is 10.1. The molecule has 1 aromatic carbocycles. The number of rotatable bonds is 5. The van der Waals surface area contributed by atoms with E-state index < -0.39 is 15.6 Å². The lowest BCUT2D eigenvalue weighted by Gasteiger charge is -2.38. The van der Waals surface area contributed by atoms with Gasteiger partial charge in [0.15, 0.2) is 5.96 Å². The van der Waals surface area contributed by atoms with Crippen molar-refractivity contribution in [1.29, 1.82) is 0 Å². The van der Waals surface area contributed by atoms with Crippen LogP contribution in [-0.4, -0.2) is 70.8 Å². The molecule has 0 amide bonds. The molecule has 0 bridgehead atoms. The summed E-state index contributed by atoms with van der Waals surface area (Å²) in [6.07, 6.45) is 1.17. The number of nitrogens with zero attached hydrogens (tertiary/aromatic N) is 3. The molecule has 1 aromatic rings. The Labute approximate surface area is 180 Å². The average Bonchev–Trinajstić information content (AvgIpc) is 2.53. The summed E-state index contributed by atoms with van der Waals surface area (Å²) in [5.41, 5.74) is 1.93. The van der Waals surface area contributed by atoms with Crippen LogP contribution in [0.5, 0.6) is 0 Å². The summed E-state index contributed by atoms with van der Waals surface area (Å²) in [7, 11) is -1.50. The summed E-state index contributed by atoms with van der Waals surface area (Å²) in [4.78, 5) is 8.95. The van der Waals surface area contributed by atoms with E-state index in [1.807, 2.05) is 13.8 Å². The van der Waals surface area contributed by atoms with E-state index in [9.17, 15) is 8.42 Å². The molecule has 1 aliphatic heterocycles. The Morgan fingerprint density at radius 3 is 2.37 bits per heavy atom. The van der Waals surface area contributed by atoms with Crippen LogP contribution in [0.3, 0.4) is 0 Å². The van der Waals surface area contributed by atoms with Crippen LogP contribution in [0.15, 0.2) is 29.3 Å². The Hall–Kier alpha value is -1.07. The van der Waals surface area contributed by atoms with Crippen molar-refractivity contribution >= 4 is 45.6 Å². The molecule has 0 unspecified atom stereocenters. The van der Waals surface area contributed by atoms with Gasteiger partial charge in [0.2, 0.25) is 10.0 Å². The van der Waals surface area contributed by atoms with Crippen LogP contribution in [-0.2, 0) is 10.0 Å². The molecule has 1 heterocycles. The highest BCUT2D eigenvalue weighted by Gasteiger charge is 2.25. The third-order valence-corrected chi connectivity index (χ3v) is 5.23. The summed E-state index contributed by atoms with van der Waals surface area (Å²) in [6.45, 7) is 9.86. The van der Waals surface area contributed by atoms with E-state index in [-0.39, 0.29) is 24.0 Å². The van der Waals surface area contributed by atoms with Crippen LogP contribution < -0.4 is 14.9 Å². The Kier molecular flexibility index (Phi) is 8.81. The van der Waals surface area contributed by atoms with Gasteiger partial charge in [-0.2, -0.15) is 0 Å². The first-order valence-corrected chi connectivity index (χ1v) is 10.7. The maximum absolute atomic E-state index is 11.5. The summed E-state index contributed by atoms with van der Waals surface area (Å²) in [5, 5.41) is 3.30. The fraction of sp³-hybridized carbons (Fsp3) is 0.611. The lowest BCUT2D eigenvalue weighted by molar-refractivity contribution is 0.363. The molecule has 0 aromatic heterocycles. The van der Waals surface area contributed by atoms with Gasteiger partial charge >= 0.3 is 0 Å². The summed E-state index contributed by atoms with van der Waals surface area (Å²) in [5.74, 6) is 0.803. The van der Waals surface area contributed by atoms with E-state index in [2.05, 4.69) is 56.0 Å². The number of anilines is 1. The molecule has 0 atom stereocenters. The second-order valence-electron chi connectivity index (χ2n) is 7.47. The Bertz CT molecular complexity index is 744. The normalized spacial score (nSPS) is 16.1. The maximum Gasteiger partial charge on any atom is 0.209 e. The van der Waals surface area contributed by atoms with Crippen LogP contribution >= 0.6 is 24.0 Å². The molecule has 2 N–H and O–H groups in total. The first-order valence-electron chi connectivity index (χ1n) is 8.86. The number of piperazine rings is 1. The summed E-state index contributed by atoms with van der Waals surface area (Å²) >= 11 is 0. The zero-order chi connectivity index (χ0) is 19.4. The highest BCUT2D eigenvalue weighted by molar-refractivity contribution is 14.0. The molecule has 27 heavy (non-hydrogen) atoms. The first kappa shape index (κ1) is 24.0. The topological polar surface area (TPSA) is 77.0 Å². The Morgan fingerprint density at radius 1 is 1.22 bits per heavy atom. The van der Waals surface area contributed by atoms with Crippen molar-refractivity contribution in [1.82, 2.24) is 14.9 Å². The molecule has 1 aliphatic rings. The van der Waals surface area contributed by atoms with Crippen molar-refractivity contribution in [3.05, 3.63) is 29.8 Å². The van der Waals surface area contributed by atoms with Crippen LogP contribution in [0, 0.1) is 6.92 Å². The minimum Gasteiger partial charge on any atom is -0.368 e. The van der Waals surface area contributed by atoms with Gasteiger partial charge in [-0.05, 0) is 38.5 Å². The molecule has 0 spiro atoms. The van der Waals surface area contributed by atoms with Crippen LogP contribution in [0.25, 0.3) is 0 Å². The molecule has 1 fully saturated rings. The molecule has 7 nitrogen and oxygen atoms in total. The smallest absolute Gasteiger partial charge is 0.209 e. The van der Waals surface area contributed by atoms with Gasteiger partial charge in [-0.15, -0.1) is 24.0 Å². The van der Waals surface area contributed by atoms with Gasteiger partial charge in [-0.1, -0.05) is 12.1 Å². The van der Waals surface area contributed by atoms with E-state index >= 15 is 0 Å². The van der Waals surface area contributed by atoms with Gasteiger partial charge < -0.3 is 15.1 Å². The molecule has 154 valence electrons. The quantitative estimate of drug-likeness (QED) is 0.359. The number of guanidine groups is 1. The number of aryl methyl sites for hydroxylation is 1. The minimum atomic E-state index is -3.25.